The molecule has 34 heavy (non-hydrogen) atoms. The Kier molecular flexibility index (Phi) is 13.1. The molecule has 0 aliphatic rings. The second kappa shape index (κ2) is 16.1. The van der Waals surface area contributed by atoms with Gasteiger partial charge in [0.25, 0.3) is 0 Å². The van der Waals surface area contributed by atoms with E-state index >= 15 is 0 Å². The Morgan fingerprint density at radius 2 is 1.26 bits per heavy atom. The normalized spacial score (nSPS) is 10.9. The van der Waals surface area contributed by atoms with Crippen molar-refractivity contribution in [2.24, 2.45) is 5.92 Å². The van der Waals surface area contributed by atoms with Crippen molar-refractivity contribution < 1.29 is 19.1 Å². The molecule has 0 fully saturated rings. The molecule has 0 N–H and O–H groups in total. The third-order valence-corrected chi connectivity index (χ3v) is 5.95. The van der Waals surface area contributed by atoms with Gasteiger partial charge < -0.3 is 9.47 Å². The van der Waals surface area contributed by atoms with Gasteiger partial charge in [-0.1, -0.05) is 96.4 Å². The summed E-state index contributed by atoms with van der Waals surface area (Å²) in [5.74, 6) is 0.611. The maximum Gasteiger partial charge on any atom is 0.338 e. The van der Waals surface area contributed by atoms with Gasteiger partial charge in [-0.3, -0.25) is 4.79 Å². The third kappa shape index (κ3) is 11.0. The van der Waals surface area contributed by atoms with Crippen LogP contribution in [-0.4, -0.2) is 18.5 Å². The van der Waals surface area contributed by atoms with Crippen LogP contribution >= 0.6 is 0 Å². The van der Waals surface area contributed by atoms with Crippen molar-refractivity contribution in [3.63, 3.8) is 0 Å². The van der Waals surface area contributed by atoms with Gasteiger partial charge in [0.1, 0.15) is 5.75 Å². The van der Waals surface area contributed by atoms with Crippen LogP contribution in [0.1, 0.15) is 102 Å². The largest absolute Gasteiger partial charge is 0.462 e. The van der Waals surface area contributed by atoms with Gasteiger partial charge in [-0.2, -0.15) is 0 Å². The highest BCUT2D eigenvalue weighted by Crippen LogP contribution is 2.23. The number of hydrogen-bond acceptors (Lipinski definition) is 4. The van der Waals surface area contributed by atoms with E-state index in [-0.39, 0.29) is 11.9 Å². The molecule has 0 saturated heterocycles. The highest BCUT2D eigenvalue weighted by molar-refractivity contribution is 5.90. The molecule has 2 aromatic carbocycles. The van der Waals surface area contributed by atoms with Crippen LogP contribution in [-0.2, 0) is 9.53 Å². The minimum absolute atomic E-state index is 0.170. The maximum atomic E-state index is 12.1. The van der Waals surface area contributed by atoms with E-state index in [0.717, 1.165) is 30.4 Å². The zero-order chi connectivity index (χ0) is 24.6. The average molecular weight is 467 g/mol. The van der Waals surface area contributed by atoms with Gasteiger partial charge >= 0.3 is 11.9 Å². The van der Waals surface area contributed by atoms with Crippen molar-refractivity contribution >= 4 is 11.9 Å². The lowest BCUT2D eigenvalue weighted by molar-refractivity contribution is -0.134. The van der Waals surface area contributed by atoms with Crippen LogP contribution in [0.25, 0.3) is 11.1 Å². The molecular weight excluding hydrogens is 424 g/mol. The van der Waals surface area contributed by atoms with Crippen molar-refractivity contribution in [2.75, 3.05) is 6.61 Å². The molecule has 0 aliphatic heterocycles. The minimum atomic E-state index is -0.290. The van der Waals surface area contributed by atoms with Crippen LogP contribution in [0.15, 0.2) is 48.5 Å². The fraction of sp³-hybridized carbons (Fsp3) is 0.533. The van der Waals surface area contributed by atoms with Gasteiger partial charge in [0.05, 0.1) is 12.2 Å². The Hall–Kier alpha value is -2.62. The first kappa shape index (κ1) is 27.6. The lowest BCUT2D eigenvalue weighted by Crippen LogP contribution is -2.08. The lowest BCUT2D eigenvalue weighted by Gasteiger charge is -2.08. The molecule has 0 unspecified atom stereocenters. The average Bonchev–Trinajstić information content (AvgIpc) is 2.83. The number of hydrogen-bond donors (Lipinski definition) is 0. The molecule has 0 atom stereocenters. The molecule has 0 aliphatic carbocycles. The summed E-state index contributed by atoms with van der Waals surface area (Å²) in [6, 6.07) is 14.9. The number of carbonyl (C=O) groups is 2. The number of esters is 2. The maximum absolute atomic E-state index is 12.1. The van der Waals surface area contributed by atoms with E-state index in [2.05, 4.69) is 20.8 Å². The van der Waals surface area contributed by atoms with E-state index in [1.165, 1.54) is 44.9 Å². The van der Waals surface area contributed by atoms with Crippen molar-refractivity contribution in [1.82, 2.24) is 0 Å². The fourth-order valence-corrected chi connectivity index (χ4v) is 3.75. The first-order chi connectivity index (χ1) is 16.5. The van der Waals surface area contributed by atoms with Crippen molar-refractivity contribution in [3.8, 4) is 16.9 Å². The molecular formula is C30H42O4. The van der Waals surface area contributed by atoms with Crippen LogP contribution in [0.4, 0.5) is 0 Å². The Morgan fingerprint density at radius 1 is 0.735 bits per heavy atom. The van der Waals surface area contributed by atoms with E-state index < -0.39 is 0 Å². The summed E-state index contributed by atoms with van der Waals surface area (Å²) >= 11 is 0. The van der Waals surface area contributed by atoms with E-state index in [9.17, 15) is 9.59 Å². The summed E-state index contributed by atoms with van der Waals surface area (Å²) in [5.41, 5.74) is 2.54. The van der Waals surface area contributed by atoms with Gasteiger partial charge in [0.2, 0.25) is 0 Å². The zero-order valence-corrected chi connectivity index (χ0v) is 21.3. The number of carbonyl (C=O) groups excluding carboxylic acids is 2. The molecule has 0 heterocycles. The topological polar surface area (TPSA) is 52.6 Å². The van der Waals surface area contributed by atoms with Crippen LogP contribution in [0.5, 0.6) is 5.75 Å². The molecule has 4 heteroatoms. The van der Waals surface area contributed by atoms with Crippen LogP contribution < -0.4 is 4.74 Å². The molecule has 0 aromatic heterocycles. The number of benzene rings is 2. The van der Waals surface area contributed by atoms with Gasteiger partial charge in [-0.05, 0) is 54.2 Å². The monoisotopic (exact) mass is 466 g/mol. The smallest absolute Gasteiger partial charge is 0.338 e. The van der Waals surface area contributed by atoms with Gasteiger partial charge in [-0.15, -0.1) is 0 Å². The fourth-order valence-electron chi connectivity index (χ4n) is 3.75. The minimum Gasteiger partial charge on any atom is -0.462 e. The Morgan fingerprint density at radius 3 is 1.82 bits per heavy atom. The first-order valence-electron chi connectivity index (χ1n) is 13.1. The summed E-state index contributed by atoms with van der Waals surface area (Å²) in [6.45, 7) is 6.89. The summed E-state index contributed by atoms with van der Waals surface area (Å²) in [4.78, 5) is 24.2. The molecule has 0 bridgehead atoms. The van der Waals surface area contributed by atoms with Crippen LogP contribution in [0.3, 0.4) is 0 Å². The first-order valence-corrected chi connectivity index (χ1v) is 13.1. The van der Waals surface area contributed by atoms with Gasteiger partial charge in [0, 0.05) is 6.42 Å². The Balaban J connectivity index is 1.70. The predicted molar refractivity (Wildman–Crippen MR) is 139 cm³/mol. The van der Waals surface area contributed by atoms with Crippen molar-refractivity contribution in [1.29, 1.82) is 0 Å². The van der Waals surface area contributed by atoms with Crippen molar-refractivity contribution in [2.45, 2.75) is 91.4 Å². The highest BCUT2D eigenvalue weighted by atomic mass is 16.5. The second-order valence-corrected chi connectivity index (χ2v) is 9.47. The highest BCUT2D eigenvalue weighted by Gasteiger charge is 2.09. The van der Waals surface area contributed by atoms with E-state index in [1.54, 1.807) is 12.1 Å². The Bertz CT molecular complexity index is 837. The summed E-state index contributed by atoms with van der Waals surface area (Å²) in [7, 11) is 0. The molecule has 0 amide bonds. The predicted octanol–water partition coefficient (Wildman–Crippen LogP) is 8.38. The van der Waals surface area contributed by atoms with Crippen LogP contribution in [0.2, 0.25) is 0 Å². The zero-order valence-electron chi connectivity index (χ0n) is 21.3. The van der Waals surface area contributed by atoms with E-state index in [4.69, 9.17) is 9.47 Å². The molecule has 186 valence electrons. The Labute approximate surface area is 206 Å². The standard InChI is InChI=1S/C30H42O4/c1-4-5-6-7-8-9-10-11-12-13-29(31)34-28-20-18-26(19-21-28)25-14-16-27(17-15-25)30(32)33-23-22-24(2)3/h14-21,24H,4-13,22-23H2,1-3H3. The van der Waals surface area contributed by atoms with Gasteiger partial charge in [-0.25, -0.2) is 4.79 Å². The van der Waals surface area contributed by atoms with E-state index in [0.29, 0.717) is 30.3 Å². The van der Waals surface area contributed by atoms with E-state index in [1.807, 2.05) is 36.4 Å². The van der Waals surface area contributed by atoms with Crippen LogP contribution in [0, 0.1) is 5.92 Å². The number of rotatable bonds is 16. The summed E-state index contributed by atoms with van der Waals surface area (Å²) < 4.78 is 10.8. The quantitative estimate of drug-likeness (QED) is 0.142. The molecule has 2 aromatic rings. The second-order valence-electron chi connectivity index (χ2n) is 9.47. The molecule has 0 spiro atoms. The molecule has 2 rings (SSSR count). The lowest BCUT2D eigenvalue weighted by atomic mass is 10.0. The molecule has 0 radical (unpaired) electrons. The molecule has 4 nitrogen and oxygen atoms in total. The van der Waals surface area contributed by atoms with Crippen molar-refractivity contribution in [3.05, 3.63) is 54.1 Å². The SMILES string of the molecule is CCCCCCCCCCCC(=O)Oc1ccc(-c2ccc(C(=O)OCCC(C)C)cc2)cc1. The third-order valence-electron chi connectivity index (χ3n) is 5.95. The summed E-state index contributed by atoms with van der Waals surface area (Å²) in [5, 5.41) is 0. The number of ether oxygens (including phenoxy) is 2. The van der Waals surface area contributed by atoms with Gasteiger partial charge in [0.15, 0.2) is 0 Å². The molecule has 0 saturated carbocycles. The number of unbranched alkanes of at least 4 members (excludes halogenated alkanes) is 8. The summed E-state index contributed by atoms with van der Waals surface area (Å²) in [6.07, 6.45) is 12.4.